The van der Waals surface area contributed by atoms with E-state index in [0.29, 0.717) is 50.8 Å². The van der Waals surface area contributed by atoms with E-state index >= 15 is 0 Å². The molecule has 0 radical (unpaired) electrons. The van der Waals surface area contributed by atoms with Crippen molar-refractivity contribution in [1.82, 2.24) is 19.8 Å². The molecule has 12 heteroatoms. The van der Waals surface area contributed by atoms with Crippen LogP contribution in [0.4, 0.5) is 19.7 Å². The predicted octanol–water partition coefficient (Wildman–Crippen LogP) is 8.65. The number of ether oxygens (including phenoxy) is 2. The number of benzene rings is 4. The first-order chi connectivity index (χ1) is 27.4. The highest BCUT2D eigenvalue weighted by atomic mass is 32.1. The zero-order chi connectivity index (χ0) is 38.7. The molecule has 0 N–H and O–H groups in total. The number of halogens is 2. The van der Waals surface area contributed by atoms with E-state index in [-0.39, 0.29) is 11.6 Å². The molecule has 280 valence electrons. The molecule has 0 amide bonds. The number of nitrogens with zero attached hydrogens (tertiary/aromatic N) is 6. The quantitative estimate of drug-likeness (QED) is 0.143. The third-order valence-corrected chi connectivity index (χ3v) is 9.55. The third kappa shape index (κ3) is 10.3. The molecule has 0 saturated carbocycles. The number of methoxy groups -OCH3 is 2. The van der Waals surface area contributed by atoms with Crippen molar-refractivity contribution in [3.63, 3.8) is 0 Å². The highest BCUT2D eigenvalue weighted by molar-refractivity contribution is 7.16. The van der Waals surface area contributed by atoms with E-state index < -0.39 is 0 Å². The van der Waals surface area contributed by atoms with Gasteiger partial charge in [0.15, 0.2) is 5.01 Å². The minimum absolute atomic E-state index is 0.226. The molecular weight excluding hydrogens is 731 g/mol. The van der Waals surface area contributed by atoms with Crippen LogP contribution in [0.5, 0.6) is 11.5 Å². The number of oxazole rings is 1. The molecule has 0 spiro atoms. The van der Waals surface area contributed by atoms with Crippen LogP contribution in [-0.2, 0) is 39.0 Å². The molecule has 4 aromatic carbocycles. The Balaban J connectivity index is 0.000000172. The van der Waals surface area contributed by atoms with E-state index in [1.165, 1.54) is 35.6 Å². The molecule has 0 saturated heterocycles. The molecule has 2 aliphatic rings. The SMILES string of the molecule is COc1ccc(CC#Cc2nc3c(o2)N=CN(Cc2ccc(F)cc2)C3)cc1.COc1ccc(CC#Cc2nc3c(s2)N=CN(Cc2ccc(F)cc2)C3)cc1. The van der Waals surface area contributed by atoms with Crippen LogP contribution < -0.4 is 9.47 Å². The summed E-state index contributed by atoms with van der Waals surface area (Å²) < 4.78 is 42.0. The number of thiazole rings is 1. The maximum Gasteiger partial charge on any atom is 0.275 e. The molecular formula is C44H36F2N6O3S. The summed E-state index contributed by atoms with van der Waals surface area (Å²) in [7, 11) is 3.30. The van der Waals surface area contributed by atoms with Crippen molar-refractivity contribution in [2.45, 2.75) is 39.0 Å². The van der Waals surface area contributed by atoms with Crippen molar-refractivity contribution < 1.29 is 22.7 Å². The zero-order valence-corrected chi connectivity index (χ0v) is 31.5. The second-order valence-electron chi connectivity index (χ2n) is 12.7. The summed E-state index contributed by atoms with van der Waals surface area (Å²) in [6, 6.07) is 28.6. The summed E-state index contributed by atoms with van der Waals surface area (Å²) in [4.78, 5) is 21.9. The number of fused-ring (bicyclic) bond motifs is 2. The minimum atomic E-state index is -0.243. The van der Waals surface area contributed by atoms with Crippen molar-refractivity contribution >= 4 is 34.9 Å². The van der Waals surface area contributed by atoms with Gasteiger partial charge in [0.1, 0.15) is 33.8 Å². The van der Waals surface area contributed by atoms with Gasteiger partial charge in [-0.25, -0.2) is 28.7 Å². The van der Waals surface area contributed by atoms with Gasteiger partial charge in [-0.15, -0.1) is 0 Å². The molecule has 56 heavy (non-hydrogen) atoms. The second kappa shape index (κ2) is 18.0. The van der Waals surface area contributed by atoms with Gasteiger partial charge < -0.3 is 23.7 Å². The molecule has 0 unspecified atom stereocenters. The van der Waals surface area contributed by atoms with Crippen molar-refractivity contribution in [2.75, 3.05) is 14.2 Å². The van der Waals surface area contributed by atoms with Gasteiger partial charge in [-0.3, -0.25) is 0 Å². The first-order valence-electron chi connectivity index (χ1n) is 17.7. The van der Waals surface area contributed by atoms with Crippen LogP contribution in [0.25, 0.3) is 0 Å². The Morgan fingerprint density at radius 3 is 1.68 bits per heavy atom. The van der Waals surface area contributed by atoms with Gasteiger partial charge in [0.05, 0.1) is 45.7 Å². The minimum Gasteiger partial charge on any atom is -0.497 e. The van der Waals surface area contributed by atoms with Crippen LogP contribution in [0, 0.1) is 35.3 Å². The Labute approximate surface area is 328 Å². The second-order valence-corrected chi connectivity index (χ2v) is 13.7. The van der Waals surface area contributed by atoms with Crippen molar-refractivity contribution in [3.05, 3.63) is 153 Å². The first kappa shape index (κ1) is 37.6. The topological polar surface area (TPSA) is 88.6 Å². The Morgan fingerprint density at radius 2 is 1.12 bits per heavy atom. The molecule has 0 bridgehead atoms. The number of aromatic nitrogens is 2. The Morgan fingerprint density at radius 1 is 0.625 bits per heavy atom. The molecule has 0 aliphatic carbocycles. The van der Waals surface area contributed by atoms with Gasteiger partial charge in [0.2, 0.25) is 5.88 Å². The van der Waals surface area contributed by atoms with E-state index in [1.807, 2.05) is 59.8 Å². The standard InChI is InChI=1S/C22H18FN3O2.C22H18FN3OS/c2*1-27-19-11-7-16(8-12-19)3-2-4-21-25-20-14-26(15-24-22(20)28-21)13-17-5-9-18(23)10-6-17/h2*5-12,15H,3,13-14H2,1H3. The van der Waals surface area contributed by atoms with Gasteiger partial charge in [0.25, 0.3) is 5.89 Å². The third-order valence-electron chi connectivity index (χ3n) is 8.63. The van der Waals surface area contributed by atoms with E-state index in [2.05, 4.69) is 48.5 Å². The predicted molar refractivity (Wildman–Crippen MR) is 213 cm³/mol. The summed E-state index contributed by atoms with van der Waals surface area (Å²) in [6.45, 7) is 2.53. The van der Waals surface area contributed by atoms with Gasteiger partial charge in [-0.1, -0.05) is 71.7 Å². The Kier molecular flexibility index (Phi) is 12.1. The molecule has 8 rings (SSSR count). The van der Waals surface area contributed by atoms with Gasteiger partial charge in [-0.2, -0.15) is 0 Å². The molecule has 6 aromatic rings. The van der Waals surface area contributed by atoms with Gasteiger partial charge >= 0.3 is 0 Å². The molecule has 9 nitrogen and oxygen atoms in total. The smallest absolute Gasteiger partial charge is 0.275 e. The Bertz CT molecular complexity index is 2260. The summed E-state index contributed by atoms with van der Waals surface area (Å²) in [5.41, 5.74) is 5.94. The number of hydrogen-bond donors (Lipinski definition) is 0. The normalized spacial score (nSPS) is 12.3. The van der Waals surface area contributed by atoms with E-state index in [0.717, 1.165) is 55.1 Å². The summed E-state index contributed by atoms with van der Waals surface area (Å²) in [5, 5.41) is 1.68. The van der Waals surface area contributed by atoms with Crippen molar-refractivity contribution in [3.8, 4) is 35.2 Å². The Hall–Kier alpha value is -6.76. The average Bonchev–Trinajstić information content (AvgIpc) is 3.83. The average molecular weight is 767 g/mol. The number of rotatable bonds is 8. The molecule has 4 heterocycles. The van der Waals surface area contributed by atoms with Crippen molar-refractivity contribution in [1.29, 1.82) is 0 Å². The lowest BCUT2D eigenvalue weighted by atomic mass is 10.1. The maximum atomic E-state index is 13.0. The fourth-order valence-electron chi connectivity index (χ4n) is 5.71. The van der Waals surface area contributed by atoms with Crippen LogP contribution in [-0.4, -0.2) is 46.7 Å². The van der Waals surface area contributed by atoms with Gasteiger partial charge in [0, 0.05) is 25.9 Å². The van der Waals surface area contributed by atoms with Crippen LogP contribution in [0.15, 0.2) is 111 Å². The highest BCUT2D eigenvalue weighted by Gasteiger charge is 2.19. The lowest BCUT2D eigenvalue weighted by molar-refractivity contribution is 0.404. The summed E-state index contributed by atoms with van der Waals surface area (Å²) in [5.74, 6) is 14.4. The van der Waals surface area contributed by atoms with Crippen molar-refractivity contribution in [2.24, 2.45) is 9.98 Å². The van der Waals surface area contributed by atoms with Crippen LogP contribution in [0.2, 0.25) is 0 Å². The van der Waals surface area contributed by atoms with Crippen LogP contribution in [0.1, 0.15) is 44.5 Å². The van der Waals surface area contributed by atoms with Gasteiger partial charge in [-0.05, 0) is 82.6 Å². The van der Waals surface area contributed by atoms with Crippen LogP contribution >= 0.6 is 11.3 Å². The zero-order valence-electron chi connectivity index (χ0n) is 30.7. The maximum absolute atomic E-state index is 13.0. The first-order valence-corrected chi connectivity index (χ1v) is 18.5. The fraction of sp³-hybridized carbons (Fsp3) is 0.182. The van der Waals surface area contributed by atoms with E-state index in [1.54, 1.807) is 44.8 Å². The molecule has 0 atom stereocenters. The summed E-state index contributed by atoms with van der Waals surface area (Å²) >= 11 is 1.51. The lowest BCUT2D eigenvalue weighted by Gasteiger charge is -2.21. The summed E-state index contributed by atoms with van der Waals surface area (Å²) in [6.07, 6.45) is 4.79. The fourth-order valence-corrected chi connectivity index (χ4v) is 6.50. The lowest BCUT2D eigenvalue weighted by Crippen LogP contribution is -2.23. The molecule has 2 aliphatic heterocycles. The number of hydrogen-bond acceptors (Lipinski definition) is 10. The number of aliphatic imine (C=N–C) groups is 2. The molecule has 2 aromatic heterocycles. The largest absolute Gasteiger partial charge is 0.497 e. The molecule has 0 fully saturated rings. The monoisotopic (exact) mass is 766 g/mol. The van der Waals surface area contributed by atoms with Crippen LogP contribution in [0.3, 0.4) is 0 Å². The van der Waals surface area contributed by atoms with E-state index in [4.69, 9.17) is 13.9 Å². The highest BCUT2D eigenvalue weighted by Crippen LogP contribution is 2.31. The van der Waals surface area contributed by atoms with E-state index in [9.17, 15) is 8.78 Å².